The van der Waals surface area contributed by atoms with Crippen molar-refractivity contribution in [3.8, 4) is 0 Å². The van der Waals surface area contributed by atoms with Crippen LogP contribution in [0.3, 0.4) is 0 Å². The molecular formula is C11H19N3. The topological polar surface area (TPSA) is 50.9 Å². The number of hydrogen-bond donors (Lipinski definition) is 2. The fourth-order valence-corrected chi connectivity index (χ4v) is 1.12. The van der Waals surface area contributed by atoms with E-state index in [1.54, 1.807) is 6.20 Å². The molecule has 0 atom stereocenters. The molecule has 0 aliphatic carbocycles. The molecule has 0 aliphatic rings. The maximum Gasteiger partial charge on any atom is 0.0312 e. The van der Waals surface area contributed by atoms with E-state index >= 15 is 0 Å². The van der Waals surface area contributed by atoms with Gasteiger partial charge >= 0.3 is 0 Å². The van der Waals surface area contributed by atoms with Crippen LogP contribution in [0.15, 0.2) is 24.5 Å². The summed E-state index contributed by atoms with van der Waals surface area (Å²) in [6.45, 7) is 6.80. The Morgan fingerprint density at radius 3 is 2.86 bits per heavy atom. The molecule has 0 saturated carbocycles. The first kappa shape index (κ1) is 11.1. The Morgan fingerprint density at radius 2 is 2.29 bits per heavy atom. The molecule has 0 fully saturated rings. The lowest BCUT2D eigenvalue weighted by molar-refractivity contribution is 0.351. The van der Waals surface area contributed by atoms with E-state index in [0.29, 0.717) is 6.54 Å². The number of nitrogens with zero attached hydrogens (tertiary/aromatic N) is 1. The lowest BCUT2D eigenvalue weighted by Gasteiger charge is -2.22. The molecule has 3 N–H and O–H groups in total. The predicted octanol–water partition coefficient (Wildman–Crippen LogP) is 1.16. The van der Waals surface area contributed by atoms with Crippen LogP contribution >= 0.6 is 0 Å². The lowest BCUT2D eigenvalue weighted by Crippen LogP contribution is -2.35. The molecule has 78 valence electrons. The van der Waals surface area contributed by atoms with Crippen molar-refractivity contribution in [2.24, 2.45) is 11.1 Å². The molecule has 0 spiro atoms. The van der Waals surface area contributed by atoms with Gasteiger partial charge in [-0.15, -0.1) is 0 Å². The molecule has 0 saturated heterocycles. The zero-order valence-electron chi connectivity index (χ0n) is 8.96. The normalized spacial score (nSPS) is 11.6. The highest BCUT2D eigenvalue weighted by atomic mass is 14.9. The number of aromatic nitrogens is 1. The molecule has 0 amide bonds. The maximum absolute atomic E-state index is 5.63. The fourth-order valence-electron chi connectivity index (χ4n) is 1.12. The van der Waals surface area contributed by atoms with Gasteiger partial charge in [0.05, 0.1) is 0 Å². The average Bonchev–Trinajstić information content (AvgIpc) is 2.19. The summed E-state index contributed by atoms with van der Waals surface area (Å²) in [6, 6.07) is 4.01. The molecule has 0 bridgehead atoms. The smallest absolute Gasteiger partial charge is 0.0312 e. The van der Waals surface area contributed by atoms with Crippen LogP contribution in [0.2, 0.25) is 0 Å². The van der Waals surface area contributed by atoms with E-state index in [1.165, 1.54) is 5.56 Å². The van der Waals surface area contributed by atoms with Crippen LogP contribution in [0, 0.1) is 5.41 Å². The van der Waals surface area contributed by atoms with Gasteiger partial charge in [-0.1, -0.05) is 19.9 Å². The second-order valence-electron chi connectivity index (χ2n) is 4.33. The van der Waals surface area contributed by atoms with Crippen LogP contribution in [0.1, 0.15) is 19.4 Å². The highest BCUT2D eigenvalue weighted by Crippen LogP contribution is 2.10. The quantitative estimate of drug-likeness (QED) is 0.737. The molecule has 0 aromatic carbocycles. The Balaban J connectivity index is 2.29. The minimum Gasteiger partial charge on any atom is -0.330 e. The van der Waals surface area contributed by atoms with Gasteiger partial charge in [0.15, 0.2) is 0 Å². The van der Waals surface area contributed by atoms with E-state index < -0.39 is 0 Å². The summed E-state index contributed by atoms with van der Waals surface area (Å²) in [4.78, 5) is 4.06. The van der Waals surface area contributed by atoms with Gasteiger partial charge < -0.3 is 11.1 Å². The van der Waals surface area contributed by atoms with E-state index in [9.17, 15) is 0 Å². The Bertz CT molecular complexity index is 256. The average molecular weight is 193 g/mol. The monoisotopic (exact) mass is 193 g/mol. The van der Waals surface area contributed by atoms with Crippen LogP contribution < -0.4 is 11.1 Å². The number of pyridine rings is 1. The number of hydrogen-bond acceptors (Lipinski definition) is 3. The minimum atomic E-state index is 0.169. The first-order valence-corrected chi connectivity index (χ1v) is 4.94. The minimum absolute atomic E-state index is 0.169. The fraction of sp³-hybridized carbons (Fsp3) is 0.545. The Labute approximate surface area is 85.7 Å². The molecular weight excluding hydrogens is 174 g/mol. The molecule has 3 nitrogen and oxygen atoms in total. The van der Waals surface area contributed by atoms with Crippen molar-refractivity contribution >= 4 is 0 Å². The predicted molar refractivity (Wildman–Crippen MR) is 58.8 cm³/mol. The summed E-state index contributed by atoms with van der Waals surface area (Å²) < 4.78 is 0. The van der Waals surface area contributed by atoms with Crippen molar-refractivity contribution in [3.63, 3.8) is 0 Å². The van der Waals surface area contributed by atoms with Crippen LogP contribution in [0.4, 0.5) is 0 Å². The SMILES string of the molecule is CC(C)(CN)CNCc1cccnc1. The summed E-state index contributed by atoms with van der Waals surface area (Å²) in [5.41, 5.74) is 7.01. The Hall–Kier alpha value is -0.930. The zero-order chi connectivity index (χ0) is 10.4. The van der Waals surface area contributed by atoms with Gasteiger partial charge in [0.25, 0.3) is 0 Å². The first-order chi connectivity index (χ1) is 6.64. The van der Waals surface area contributed by atoms with Gasteiger partial charge in [0, 0.05) is 25.5 Å². The van der Waals surface area contributed by atoms with Crippen molar-refractivity contribution in [1.82, 2.24) is 10.3 Å². The van der Waals surface area contributed by atoms with E-state index in [-0.39, 0.29) is 5.41 Å². The molecule has 1 aromatic heterocycles. The van der Waals surface area contributed by atoms with Crippen LogP contribution in [0.5, 0.6) is 0 Å². The standard InChI is InChI=1S/C11H19N3/c1-11(2,8-12)9-14-7-10-4-3-5-13-6-10/h3-6,14H,7-9,12H2,1-2H3. The summed E-state index contributed by atoms with van der Waals surface area (Å²) in [6.07, 6.45) is 3.66. The highest BCUT2D eigenvalue weighted by molar-refractivity contribution is 5.07. The Kier molecular flexibility index (Phi) is 4.04. The van der Waals surface area contributed by atoms with Gasteiger partial charge in [-0.25, -0.2) is 0 Å². The molecule has 1 aromatic rings. The van der Waals surface area contributed by atoms with Gasteiger partial charge in [0.2, 0.25) is 0 Å². The van der Waals surface area contributed by atoms with E-state index in [2.05, 4.69) is 30.2 Å². The molecule has 0 unspecified atom stereocenters. The summed E-state index contributed by atoms with van der Waals surface area (Å²) >= 11 is 0. The van der Waals surface area contributed by atoms with Gasteiger partial charge in [-0.2, -0.15) is 0 Å². The second-order valence-corrected chi connectivity index (χ2v) is 4.33. The zero-order valence-corrected chi connectivity index (χ0v) is 8.96. The first-order valence-electron chi connectivity index (χ1n) is 4.94. The van der Waals surface area contributed by atoms with Crippen molar-refractivity contribution in [1.29, 1.82) is 0 Å². The summed E-state index contributed by atoms with van der Waals surface area (Å²) in [5, 5.41) is 3.37. The number of nitrogens with two attached hydrogens (primary N) is 1. The lowest BCUT2D eigenvalue weighted by atomic mass is 9.94. The number of nitrogens with one attached hydrogen (secondary N) is 1. The van der Waals surface area contributed by atoms with Crippen LogP contribution in [-0.2, 0) is 6.54 Å². The third-order valence-electron chi connectivity index (χ3n) is 2.21. The van der Waals surface area contributed by atoms with Crippen LogP contribution in [-0.4, -0.2) is 18.1 Å². The van der Waals surface area contributed by atoms with E-state index in [4.69, 9.17) is 5.73 Å². The van der Waals surface area contributed by atoms with Gasteiger partial charge in [-0.05, 0) is 23.6 Å². The molecule has 1 rings (SSSR count). The highest BCUT2D eigenvalue weighted by Gasteiger charge is 2.14. The third-order valence-corrected chi connectivity index (χ3v) is 2.21. The van der Waals surface area contributed by atoms with Gasteiger partial charge in [-0.3, -0.25) is 4.98 Å². The molecule has 0 aliphatic heterocycles. The summed E-state index contributed by atoms with van der Waals surface area (Å²) in [5.74, 6) is 0. The van der Waals surface area contributed by atoms with Gasteiger partial charge in [0.1, 0.15) is 0 Å². The second kappa shape index (κ2) is 5.08. The molecule has 14 heavy (non-hydrogen) atoms. The molecule has 3 heteroatoms. The van der Waals surface area contributed by atoms with E-state index in [0.717, 1.165) is 13.1 Å². The Morgan fingerprint density at radius 1 is 1.50 bits per heavy atom. The van der Waals surface area contributed by atoms with Crippen molar-refractivity contribution in [2.75, 3.05) is 13.1 Å². The largest absolute Gasteiger partial charge is 0.330 e. The van der Waals surface area contributed by atoms with Crippen molar-refractivity contribution < 1.29 is 0 Å². The summed E-state index contributed by atoms with van der Waals surface area (Å²) in [7, 11) is 0. The van der Waals surface area contributed by atoms with E-state index in [1.807, 2.05) is 12.3 Å². The maximum atomic E-state index is 5.63. The van der Waals surface area contributed by atoms with Crippen LogP contribution in [0.25, 0.3) is 0 Å². The number of rotatable bonds is 5. The van der Waals surface area contributed by atoms with Crippen molar-refractivity contribution in [3.05, 3.63) is 30.1 Å². The van der Waals surface area contributed by atoms with Crippen molar-refractivity contribution in [2.45, 2.75) is 20.4 Å². The molecule has 0 radical (unpaired) electrons. The third kappa shape index (κ3) is 3.85. The molecule has 1 heterocycles.